The smallest absolute Gasteiger partial charge is 0.314 e. The molecule has 0 aromatic heterocycles. The van der Waals surface area contributed by atoms with Gasteiger partial charge in [0.25, 0.3) is 0 Å². The van der Waals surface area contributed by atoms with Crippen molar-refractivity contribution >= 4 is 11.8 Å². The Bertz CT molecular complexity index is 372. The zero-order chi connectivity index (χ0) is 12.3. The first-order valence-electron chi connectivity index (χ1n) is 5.61. The van der Waals surface area contributed by atoms with Crippen molar-refractivity contribution in [3.05, 3.63) is 29.8 Å². The average Bonchev–Trinajstić information content (AvgIpc) is 2.68. The Morgan fingerprint density at radius 1 is 1.35 bits per heavy atom. The SMILES string of the molecule is FC(F)(F)Sc1cccc(CC2CCCN2)c1. The molecule has 0 spiro atoms. The van der Waals surface area contributed by atoms with Gasteiger partial charge in [-0.15, -0.1) is 0 Å². The molecule has 1 saturated heterocycles. The highest BCUT2D eigenvalue weighted by atomic mass is 32.2. The van der Waals surface area contributed by atoms with Crippen LogP contribution >= 0.6 is 11.8 Å². The maximum Gasteiger partial charge on any atom is 0.446 e. The lowest BCUT2D eigenvalue weighted by atomic mass is 10.1. The molecule has 0 saturated carbocycles. The van der Waals surface area contributed by atoms with Crippen LogP contribution in [0.25, 0.3) is 0 Å². The van der Waals surface area contributed by atoms with Crippen LogP contribution in [0.2, 0.25) is 0 Å². The maximum atomic E-state index is 12.2. The summed E-state index contributed by atoms with van der Waals surface area (Å²) < 4.78 is 36.7. The van der Waals surface area contributed by atoms with Crippen molar-refractivity contribution in [2.75, 3.05) is 6.54 Å². The third-order valence-electron chi connectivity index (χ3n) is 2.78. The quantitative estimate of drug-likeness (QED) is 0.834. The lowest BCUT2D eigenvalue weighted by molar-refractivity contribution is -0.0328. The van der Waals surface area contributed by atoms with E-state index in [4.69, 9.17) is 0 Å². The third kappa shape index (κ3) is 4.24. The minimum atomic E-state index is -4.20. The van der Waals surface area contributed by atoms with E-state index < -0.39 is 5.51 Å². The Morgan fingerprint density at radius 2 is 2.18 bits per heavy atom. The second kappa shape index (κ2) is 5.31. The molecule has 17 heavy (non-hydrogen) atoms. The lowest BCUT2D eigenvalue weighted by Gasteiger charge is -2.11. The molecule has 1 nitrogen and oxygen atoms in total. The van der Waals surface area contributed by atoms with E-state index in [1.54, 1.807) is 12.1 Å². The Kier molecular flexibility index (Phi) is 3.99. The van der Waals surface area contributed by atoms with Crippen molar-refractivity contribution in [3.8, 4) is 0 Å². The zero-order valence-electron chi connectivity index (χ0n) is 9.26. The van der Waals surface area contributed by atoms with Gasteiger partial charge in [-0.25, -0.2) is 0 Å². The lowest BCUT2D eigenvalue weighted by Crippen LogP contribution is -2.23. The van der Waals surface area contributed by atoms with E-state index in [2.05, 4.69) is 5.32 Å². The van der Waals surface area contributed by atoms with Crippen molar-refractivity contribution in [1.29, 1.82) is 0 Å². The van der Waals surface area contributed by atoms with Gasteiger partial charge in [0.05, 0.1) is 0 Å². The fourth-order valence-corrected chi connectivity index (χ4v) is 2.71. The second-order valence-electron chi connectivity index (χ2n) is 4.19. The maximum absolute atomic E-state index is 12.2. The first-order valence-corrected chi connectivity index (χ1v) is 6.43. The van der Waals surface area contributed by atoms with Crippen molar-refractivity contribution in [2.45, 2.75) is 35.7 Å². The second-order valence-corrected chi connectivity index (χ2v) is 5.33. The van der Waals surface area contributed by atoms with Gasteiger partial charge in [0.15, 0.2) is 0 Å². The molecule has 1 aliphatic heterocycles. The topological polar surface area (TPSA) is 12.0 Å². The highest BCUT2D eigenvalue weighted by molar-refractivity contribution is 8.00. The summed E-state index contributed by atoms with van der Waals surface area (Å²) in [7, 11) is 0. The number of thioether (sulfide) groups is 1. The van der Waals surface area contributed by atoms with Crippen molar-refractivity contribution in [1.82, 2.24) is 5.32 Å². The van der Waals surface area contributed by atoms with E-state index in [9.17, 15) is 13.2 Å². The summed E-state index contributed by atoms with van der Waals surface area (Å²) >= 11 is -0.0476. The van der Waals surface area contributed by atoms with Crippen molar-refractivity contribution < 1.29 is 13.2 Å². The summed E-state index contributed by atoms with van der Waals surface area (Å²) in [6.07, 6.45) is 3.07. The van der Waals surface area contributed by atoms with Gasteiger partial charge < -0.3 is 5.32 Å². The Balaban J connectivity index is 2.00. The van der Waals surface area contributed by atoms with Crippen LogP contribution in [0.3, 0.4) is 0 Å². The number of rotatable bonds is 3. The zero-order valence-corrected chi connectivity index (χ0v) is 10.1. The molecule has 1 heterocycles. The Morgan fingerprint density at radius 3 is 2.82 bits per heavy atom. The van der Waals surface area contributed by atoms with Gasteiger partial charge in [0.2, 0.25) is 0 Å². The predicted molar refractivity (Wildman–Crippen MR) is 63.1 cm³/mol. The molecule has 0 amide bonds. The minimum Gasteiger partial charge on any atom is -0.314 e. The van der Waals surface area contributed by atoms with Crippen LogP contribution in [0.15, 0.2) is 29.2 Å². The van der Waals surface area contributed by atoms with E-state index in [0.717, 1.165) is 31.4 Å². The molecule has 0 aliphatic carbocycles. The molecule has 0 radical (unpaired) electrons. The summed E-state index contributed by atoms with van der Waals surface area (Å²) in [5, 5.41) is 3.34. The largest absolute Gasteiger partial charge is 0.446 e. The molecule has 1 atom stereocenters. The Hall–Kier alpha value is -0.680. The van der Waals surface area contributed by atoms with Gasteiger partial charge in [-0.05, 0) is 55.3 Å². The molecule has 94 valence electrons. The van der Waals surface area contributed by atoms with Crippen LogP contribution in [-0.2, 0) is 6.42 Å². The van der Waals surface area contributed by atoms with Gasteiger partial charge in [-0.3, -0.25) is 0 Å². The summed E-state index contributed by atoms with van der Waals surface area (Å²) in [4.78, 5) is 0.271. The first-order chi connectivity index (χ1) is 8.03. The number of alkyl halides is 3. The van der Waals surface area contributed by atoms with E-state index in [-0.39, 0.29) is 16.7 Å². The molecule has 5 heteroatoms. The fourth-order valence-electron chi connectivity index (χ4n) is 2.09. The van der Waals surface area contributed by atoms with Gasteiger partial charge in [0, 0.05) is 10.9 Å². The molecular weight excluding hydrogens is 247 g/mol. The fraction of sp³-hybridized carbons (Fsp3) is 0.500. The normalized spacial score (nSPS) is 20.8. The first kappa shape index (κ1) is 12.8. The van der Waals surface area contributed by atoms with Crippen LogP contribution in [0, 0.1) is 0 Å². The summed E-state index contributed by atoms with van der Waals surface area (Å²) in [5.41, 5.74) is -3.23. The van der Waals surface area contributed by atoms with Gasteiger partial charge in [0.1, 0.15) is 0 Å². The van der Waals surface area contributed by atoms with Gasteiger partial charge in [-0.1, -0.05) is 12.1 Å². The standard InChI is InChI=1S/C12H14F3NS/c13-12(14,15)17-11-5-1-3-9(8-11)7-10-4-2-6-16-10/h1,3,5,8,10,16H,2,4,6-7H2. The van der Waals surface area contributed by atoms with Crippen LogP contribution in [-0.4, -0.2) is 18.1 Å². The third-order valence-corrected chi connectivity index (χ3v) is 3.50. The number of halogens is 3. The molecule has 1 aromatic rings. The average molecular weight is 261 g/mol. The highest BCUT2D eigenvalue weighted by Crippen LogP contribution is 2.37. The van der Waals surface area contributed by atoms with E-state index in [1.165, 1.54) is 6.07 Å². The van der Waals surface area contributed by atoms with Crippen LogP contribution < -0.4 is 5.32 Å². The Labute approximate surface area is 103 Å². The van der Waals surface area contributed by atoms with Crippen LogP contribution in [0.4, 0.5) is 13.2 Å². The molecule has 1 N–H and O–H groups in total. The van der Waals surface area contributed by atoms with E-state index in [0.29, 0.717) is 6.04 Å². The summed E-state index contributed by atoms with van der Waals surface area (Å²) in [6.45, 7) is 1.02. The summed E-state index contributed by atoms with van der Waals surface area (Å²) in [5.74, 6) is 0. The molecule has 2 rings (SSSR count). The molecule has 1 fully saturated rings. The molecule has 0 bridgehead atoms. The van der Waals surface area contributed by atoms with E-state index >= 15 is 0 Å². The van der Waals surface area contributed by atoms with E-state index in [1.807, 2.05) is 6.07 Å². The van der Waals surface area contributed by atoms with Crippen molar-refractivity contribution in [2.24, 2.45) is 0 Å². The highest BCUT2D eigenvalue weighted by Gasteiger charge is 2.29. The molecule has 1 aliphatic rings. The van der Waals surface area contributed by atoms with Crippen molar-refractivity contribution in [3.63, 3.8) is 0 Å². The number of benzene rings is 1. The molecular formula is C12H14F3NS. The summed E-state index contributed by atoms with van der Waals surface area (Å²) in [6, 6.07) is 7.14. The minimum absolute atomic E-state index is 0.0476. The molecule has 1 unspecified atom stereocenters. The predicted octanol–water partition coefficient (Wildman–Crippen LogP) is 3.59. The van der Waals surface area contributed by atoms with Crippen LogP contribution in [0.5, 0.6) is 0 Å². The van der Waals surface area contributed by atoms with Gasteiger partial charge >= 0.3 is 5.51 Å². The molecule has 1 aromatic carbocycles. The van der Waals surface area contributed by atoms with Crippen LogP contribution in [0.1, 0.15) is 18.4 Å². The number of hydrogen-bond acceptors (Lipinski definition) is 2. The monoisotopic (exact) mass is 261 g/mol. The number of hydrogen-bond donors (Lipinski definition) is 1. The van der Waals surface area contributed by atoms with Gasteiger partial charge in [-0.2, -0.15) is 13.2 Å². The number of nitrogens with one attached hydrogen (secondary N) is 1.